The van der Waals surface area contributed by atoms with Crippen LogP contribution in [0.1, 0.15) is 0 Å². The normalized spacial score (nSPS) is 10.9. The van der Waals surface area contributed by atoms with Crippen molar-refractivity contribution in [2.45, 2.75) is 0 Å². The van der Waals surface area contributed by atoms with E-state index in [1.807, 2.05) is 42.6 Å². The van der Waals surface area contributed by atoms with Gasteiger partial charge in [0.1, 0.15) is 6.33 Å². The van der Waals surface area contributed by atoms with E-state index in [0.717, 1.165) is 32.7 Å². The van der Waals surface area contributed by atoms with Crippen molar-refractivity contribution in [2.75, 3.05) is 0 Å². The van der Waals surface area contributed by atoms with Crippen LogP contribution in [0.3, 0.4) is 0 Å². The molecule has 0 aliphatic heterocycles. The van der Waals surface area contributed by atoms with Crippen molar-refractivity contribution in [3.8, 4) is 0 Å². The minimum absolute atomic E-state index is 0.936. The van der Waals surface area contributed by atoms with Gasteiger partial charge in [-0.05, 0) is 47.2 Å². The molecule has 5 nitrogen and oxygen atoms in total. The number of benzene rings is 3. The highest BCUT2D eigenvalue weighted by Gasteiger charge is 1.98. The number of hydrogen-bond donors (Lipinski definition) is 0. The van der Waals surface area contributed by atoms with Crippen molar-refractivity contribution >= 4 is 43.5 Å². The predicted molar refractivity (Wildman–Crippen MR) is 112 cm³/mol. The molecule has 0 saturated carbocycles. The molecule has 132 valence electrons. The van der Waals surface area contributed by atoms with Gasteiger partial charge in [-0.2, -0.15) is 10.2 Å². The molecule has 28 heavy (non-hydrogen) atoms. The van der Waals surface area contributed by atoms with Gasteiger partial charge in [0.25, 0.3) is 0 Å². The van der Waals surface area contributed by atoms with Crippen LogP contribution in [-0.2, 0) is 0 Å². The molecule has 3 aromatic carbocycles. The van der Waals surface area contributed by atoms with Crippen molar-refractivity contribution in [3.05, 3.63) is 91.6 Å². The monoisotopic (exact) mass is 361 g/mol. The fourth-order valence-electron chi connectivity index (χ4n) is 3.23. The van der Waals surface area contributed by atoms with Crippen LogP contribution >= 0.6 is 0 Å². The zero-order valence-corrected chi connectivity index (χ0v) is 14.9. The maximum absolute atomic E-state index is 4.27. The van der Waals surface area contributed by atoms with Crippen LogP contribution in [0.25, 0.3) is 43.5 Å². The number of rotatable bonds is 0. The number of pyridine rings is 1. The summed E-state index contributed by atoms with van der Waals surface area (Å²) in [6, 6.07) is 22.5. The van der Waals surface area contributed by atoms with E-state index < -0.39 is 0 Å². The summed E-state index contributed by atoms with van der Waals surface area (Å²) >= 11 is 0. The molecule has 0 aliphatic rings. The second kappa shape index (κ2) is 6.96. The largest absolute Gasteiger partial charge is 0.256 e. The molecule has 0 atom stereocenters. The molecule has 3 aromatic heterocycles. The van der Waals surface area contributed by atoms with Crippen LogP contribution in [0.2, 0.25) is 0 Å². The van der Waals surface area contributed by atoms with Gasteiger partial charge >= 0.3 is 0 Å². The van der Waals surface area contributed by atoms with Gasteiger partial charge in [-0.1, -0.05) is 30.3 Å². The Morgan fingerprint density at radius 1 is 0.536 bits per heavy atom. The van der Waals surface area contributed by atoms with Crippen molar-refractivity contribution in [1.82, 2.24) is 25.1 Å². The molecular weight excluding hydrogens is 346 g/mol. The van der Waals surface area contributed by atoms with Crippen LogP contribution in [0.15, 0.2) is 91.6 Å². The van der Waals surface area contributed by atoms with Gasteiger partial charge in [0.05, 0.1) is 22.7 Å². The quantitative estimate of drug-likeness (QED) is 0.358. The zero-order chi connectivity index (χ0) is 18.8. The fourth-order valence-corrected chi connectivity index (χ4v) is 3.23. The molecule has 0 spiro atoms. The molecule has 0 saturated heterocycles. The average Bonchev–Trinajstić information content (AvgIpc) is 2.76. The van der Waals surface area contributed by atoms with Crippen LogP contribution in [0.5, 0.6) is 0 Å². The molecule has 0 N–H and O–H groups in total. The minimum atomic E-state index is 0.936. The molecular formula is C23H15N5. The average molecular weight is 361 g/mol. The van der Waals surface area contributed by atoms with Crippen molar-refractivity contribution in [2.24, 2.45) is 0 Å². The third-order valence-corrected chi connectivity index (χ3v) is 4.61. The minimum Gasteiger partial charge on any atom is -0.256 e. The molecule has 0 radical (unpaired) electrons. The van der Waals surface area contributed by atoms with Gasteiger partial charge in [0, 0.05) is 28.6 Å². The first-order valence-corrected chi connectivity index (χ1v) is 8.91. The third kappa shape index (κ3) is 3.10. The Hall–Kier alpha value is -3.99. The molecule has 6 aromatic rings. The first-order valence-electron chi connectivity index (χ1n) is 8.91. The van der Waals surface area contributed by atoms with Crippen molar-refractivity contribution in [3.63, 3.8) is 0 Å². The Kier molecular flexibility index (Phi) is 4.03. The number of nitrogens with zero attached hydrogens (tertiary/aromatic N) is 5. The highest BCUT2D eigenvalue weighted by molar-refractivity contribution is 5.96. The maximum Gasteiger partial charge on any atom is 0.116 e. The molecule has 0 fully saturated rings. The van der Waals surface area contributed by atoms with E-state index in [1.54, 1.807) is 18.7 Å². The highest BCUT2D eigenvalue weighted by Crippen LogP contribution is 2.20. The third-order valence-electron chi connectivity index (χ3n) is 4.61. The fraction of sp³-hybridized carbons (Fsp3) is 0. The van der Waals surface area contributed by atoms with Crippen molar-refractivity contribution < 1.29 is 0 Å². The lowest BCUT2D eigenvalue weighted by atomic mass is 10.1. The van der Waals surface area contributed by atoms with Gasteiger partial charge < -0.3 is 0 Å². The van der Waals surface area contributed by atoms with E-state index in [4.69, 9.17) is 0 Å². The number of fused-ring (bicyclic) bond motifs is 4. The van der Waals surface area contributed by atoms with E-state index in [2.05, 4.69) is 55.5 Å². The smallest absolute Gasteiger partial charge is 0.116 e. The van der Waals surface area contributed by atoms with Crippen LogP contribution in [-0.4, -0.2) is 25.1 Å². The SMILES string of the molecule is c1ccc2cc3nnccc3cc2c1.c1cnc2cc3ncncc3cc2c1. The second-order valence-electron chi connectivity index (χ2n) is 6.42. The Labute approximate surface area is 160 Å². The lowest BCUT2D eigenvalue weighted by Crippen LogP contribution is -1.83. The van der Waals surface area contributed by atoms with E-state index in [1.165, 1.54) is 10.8 Å². The summed E-state index contributed by atoms with van der Waals surface area (Å²) in [5, 5.41) is 13.7. The first kappa shape index (κ1) is 16.2. The lowest BCUT2D eigenvalue weighted by Gasteiger charge is -1.99. The van der Waals surface area contributed by atoms with Gasteiger partial charge in [-0.15, -0.1) is 0 Å². The van der Waals surface area contributed by atoms with E-state index >= 15 is 0 Å². The predicted octanol–water partition coefficient (Wildman–Crippen LogP) is 4.96. The Morgan fingerprint density at radius 2 is 1.29 bits per heavy atom. The van der Waals surface area contributed by atoms with Crippen LogP contribution in [0.4, 0.5) is 0 Å². The summed E-state index contributed by atoms with van der Waals surface area (Å²) < 4.78 is 0. The van der Waals surface area contributed by atoms with Crippen molar-refractivity contribution in [1.29, 1.82) is 0 Å². The zero-order valence-electron chi connectivity index (χ0n) is 14.9. The first-order chi connectivity index (χ1) is 13.9. The molecule has 0 bridgehead atoms. The molecule has 0 unspecified atom stereocenters. The van der Waals surface area contributed by atoms with Crippen LogP contribution in [0, 0.1) is 0 Å². The summed E-state index contributed by atoms with van der Waals surface area (Å²) in [6.45, 7) is 0. The highest BCUT2D eigenvalue weighted by atomic mass is 15.1. The maximum atomic E-state index is 4.27. The topological polar surface area (TPSA) is 64.5 Å². The Morgan fingerprint density at radius 3 is 2.21 bits per heavy atom. The number of aromatic nitrogens is 5. The molecule has 6 rings (SSSR count). The summed E-state index contributed by atoms with van der Waals surface area (Å²) in [4.78, 5) is 12.4. The summed E-state index contributed by atoms with van der Waals surface area (Å²) in [7, 11) is 0. The Bertz CT molecular complexity index is 1110. The summed E-state index contributed by atoms with van der Waals surface area (Å²) in [6.07, 6.45) is 6.87. The summed E-state index contributed by atoms with van der Waals surface area (Å²) in [5.41, 5.74) is 2.86. The lowest BCUT2D eigenvalue weighted by molar-refractivity contribution is 1.08. The molecule has 0 aliphatic carbocycles. The standard InChI is InChI=1S/C12H8N2.C11H7N3/c1-2-4-10-8-12-11(5-6-13-14-12)7-9(10)3-1;1-2-8-4-9-6-12-7-14-11(9)5-10(8)13-3-1/h1-8H;1-7H. The van der Waals surface area contributed by atoms with E-state index in [0.29, 0.717) is 0 Å². The van der Waals surface area contributed by atoms with Gasteiger partial charge in [0.15, 0.2) is 0 Å². The van der Waals surface area contributed by atoms with Crippen LogP contribution < -0.4 is 0 Å². The molecule has 5 heteroatoms. The number of hydrogen-bond acceptors (Lipinski definition) is 5. The molecule has 0 amide bonds. The van der Waals surface area contributed by atoms with Gasteiger partial charge in [-0.3, -0.25) is 4.98 Å². The Balaban J connectivity index is 0.000000122. The second-order valence-corrected chi connectivity index (χ2v) is 6.42. The van der Waals surface area contributed by atoms with Gasteiger partial charge in [0.2, 0.25) is 0 Å². The van der Waals surface area contributed by atoms with Gasteiger partial charge in [-0.25, -0.2) is 9.97 Å². The summed E-state index contributed by atoms with van der Waals surface area (Å²) in [5.74, 6) is 0. The molecule has 3 heterocycles. The van der Waals surface area contributed by atoms with E-state index in [-0.39, 0.29) is 0 Å². The van der Waals surface area contributed by atoms with E-state index in [9.17, 15) is 0 Å².